The van der Waals surface area contributed by atoms with Crippen molar-refractivity contribution in [3.05, 3.63) is 83.4 Å². The fourth-order valence-electron chi connectivity index (χ4n) is 3.09. The fraction of sp³-hybridized carbons (Fsp3) is 0.200. The van der Waals surface area contributed by atoms with Gasteiger partial charge in [-0.3, -0.25) is 9.59 Å². The summed E-state index contributed by atoms with van der Waals surface area (Å²) >= 11 is 0. The van der Waals surface area contributed by atoms with Crippen molar-refractivity contribution < 1.29 is 14.3 Å². The van der Waals surface area contributed by atoms with E-state index in [9.17, 15) is 9.59 Å². The van der Waals surface area contributed by atoms with Crippen LogP contribution in [0.25, 0.3) is 0 Å². The monoisotopic (exact) mass is 417 g/mol. The maximum atomic E-state index is 12.7. The van der Waals surface area contributed by atoms with Crippen molar-refractivity contribution in [1.29, 1.82) is 0 Å². The lowest BCUT2D eigenvalue weighted by Gasteiger charge is -2.19. The van der Waals surface area contributed by atoms with Crippen LogP contribution >= 0.6 is 0 Å². The molecule has 3 aromatic rings. The molecule has 6 nitrogen and oxygen atoms in total. The third-order valence-electron chi connectivity index (χ3n) is 4.93. The lowest BCUT2D eigenvalue weighted by Crippen LogP contribution is -2.17. The SMILES string of the molecule is COc1ccc(C(=O)Nc2ccccc2NC(=O)c2ccc(C(C)(C)C)cc2)cc1N. The highest BCUT2D eigenvalue weighted by atomic mass is 16.5. The summed E-state index contributed by atoms with van der Waals surface area (Å²) in [5, 5.41) is 5.70. The number of hydrogen-bond donors (Lipinski definition) is 3. The van der Waals surface area contributed by atoms with E-state index in [4.69, 9.17) is 10.5 Å². The van der Waals surface area contributed by atoms with Crippen LogP contribution in [0.2, 0.25) is 0 Å². The zero-order valence-corrected chi connectivity index (χ0v) is 18.2. The Morgan fingerprint density at radius 2 is 1.32 bits per heavy atom. The van der Waals surface area contributed by atoms with E-state index in [1.54, 1.807) is 54.6 Å². The molecule has 3 aromatic carbocycles. The van der Waals surface area contributed by atoms with Gasteiger partial charge in [-0.05, 0) is 53.4 Å². The normalized spacial score (nSPS) is 11.0. The van der Waals surface area contributed by atoms with Gasteiger partial charge < -0.3 is 21.1 Å². The number of anilines is 3. The van der Waals surface area contributed by atoms with Gasteiger partial charge >= 0.3 is 0 Å². The van der Waals surface area contributed by atoms with Crippen LogP contribution in [0.4, 0.5) is 17.1 Å². The first-order valence-electron chi connectivity index (χ1n) is 9.95. The Kier molecular flexibility index (Phi) is 6.30. The van der Waals surface area contributed by atoms with E-state index < -0.39 is 0 Å². The van der Waals surface area contributed by atoms with Crippen molar-refractivity contribution >= 4 is 28.9 Å². The molecule has 4 N–H and O–H groups in total. The van der Waals surface area contributed by atoms with E-state index in [2.05, 4.69) is 31.4 Å². The van der Waals surface area contributed by atoms with Crippen molar-refractivity contribution in [3.8, 4) is 5.75 Å². The molecule has 0 fully saturated rings. The van der Waals surface area contributed by atoms with Crippen LogP contribution in [-0.4, -0.2) is 18.9 Å². The molecule has 0 bridgehead atoms. The lowest BCUT2D eigenvalue weighted by molar-refractivity contribution is 0.101. The first-order chi connectivity index (χ1) is 14.7. The lowest BCUT2D eigenvalue weighted by atomic mass is 9.87. The summed E-state index contributed by atoms with van der Waals surface area (Å²) in [5.74, 6) is -0.0943. The van der Waals surface area contributed by atoms with Gasteiger partial charge in [0.1, 0.15) is 5.75 Å². The molecule has 0 heterocycles. The van der Waals surface area contributed by atoms with Gasteiger partial charge in [-0.1, -0.05) is 45.0 Å². The Morgan fingerprint density at radius 1 is 0.806 bits per heavy atom. The molecule has 31 heavy (non-hydrogen) atoms. The summed E-state index contributed by atoms with van der Waals surface area (Å²) in [6.45, 7) is 6.37. The first kappa shape index (κ1) is 21.9. The summed E-state index contributed by atoms with van der Waals surface area (Å²) in [5.41, 5.74) is 9.34. The summed E-state index contributed by atoms with van der Waals surface area (Å²) in [6, 6.07) is 19.4. The quantitative estimate of drug-likeness (QED) is 0.505. The number of methoxy groups -OCH3 is 1. The third-order valence-corrected chi connectivity index (χ3v) is 4.93. The molecule has 0 saturated heterocycles. The number of nitrogens with one attached hydrogen (secondary N) is 2. The number of nitrogens with two attached hydrogens (primary N) is 1. The third kappa shape index (κ3) is 5.22. The summed E-state index contributed by atoms with van der Waals surface area (Å²) in [7, 11) is 1.51. The second kappa shape index (κ2) is 8.92. The number of benzene rings is 3. The highest BCUT2D eigenvalue weighted by molar-refractivity contribution is 6.10. The van der Waals surface area contributed by atoms with E-state index in [1.807, 2.05) is 12.1 Å². The molecule has 0 aliphatic heterocycles. The van der Waals surface area contributed by atoms with Crippen LogP contribution in [0.1, 0.15) is 47.1 Å². The van der Waals surface area contributed by atoms with E-state index in [-0.39, 0.29) is 17.2 Å². The second-order valence-electron chi connectivity index (χ2n) is 8.24. The standard InChI is InChI=1S/C25H27N3O3/c1-25(2,3)18-12-9-16(10-13-18)23(29)27-20-7-5-6-8-21(20)28-24(30)17-11-14-22(31-4)19(26)15-17/h5-15H,26H2,1-4H3,(H,27,29)(H,28,30). The number of nitrogen functional groups attached to an aromatic ring is 1. The highest BCUT2D eigenvalue weighted by Crippen LogP contribution is 2.26. The van der Waals surface area contributed by atoms with Crippen LogP contribution in [0.3, 0.4) is 0 Å². The molecular formula is C25H27N3O3. The molecule has 6 heteroatoms. The predicted octanol–water partition coefficient (Wildman–Crippen LogP) is 5.08. The van der Waals surface area contributed by atoms with Gasteiger partial charge in [0.25, 0.3) is 11.8 Å². The molecule has 3 rings (SSSR count). The minimum atomic E-state index is -0.342. The number of ether oxygens (including phenoxy) is 1. The Balaban J connectivity index is 1.76. The van der Waals surface area contributed by atoms with Crippen molar-refractivity contribution in [2.75, 3.05) is 23.5 Å². The number of carbonyl (C=O) groups is 2. The average Bonchev–Trinajstić information content (AvgIpc) is 2.74. The van der Waals surface area contributed by atoms with E-state index in [1.165, 1.54) is 7.11 Å². The molecule has 0 spiro atoms. The summed E-state index contributed by atoms with van der Waals surface area (Å²) in [6.07, 6.45) is 0. The molecule has 0 aromatic heterocycles. The van der Waals surface area contributed by atoms with Crippen molar-refractivity contribution in [2.45, 2.75) is 26.2 Å². The van der Waals surface area contributed by atoms with Gasteiger partial charge in [-0.2, -0.15) is 0 Å². The predicted molar refractivity (Wildman–Crippen MR) is 125 cm³/mol. The maximum Gasteiger partial charge on any atom is 0.255 e. The van der Waals surface area contributed by atoms with Crippen LogP contribution in [-0.2, 0) is 5.41 Å². The summed E-state index contributed by atoms with van der Waals surface area (Å²) < 4.78 is 5.12. The zero-order valence-electron chi connectivity index (χ0n) is 18.2. The van der Waals surface area contributed by atoms with Crippen LogP contribution in [0.5, 0.6) is 5.75 Å². The molecule has 0 atom stereocenters. The molecule has 0 aliphatic rings. The average molecular weight is 418 g/mol. The Morgan fingerprint density at radius 3 is 1.81 bits per heavy atom. The molecule has 0 saturated carbocycles. The van der Waals surface area contributed by atoms with E-state index in [0.29, 0.717) is 33.9 Å². The number of amides is 2. The van der Waals surface area contributed by atoms with Crippen molar-refractivity contribution in [2.24, 2.45) is 0 Å². The zero-order chi connectivity index (χ0) is 22.6. The van der Waals surface area contributed by atoms with Crippen LogP contribution in [0, 0.1) is 0 Å². The van der Waals surface area contributed by atoms with E-state index >= 15 is 0 Å². The van der Waals surface area contributed by atoms with Crippen molar-refractivity contribution in [3.63, 3.8) is 0 Å². The van der Waals surface area contributed by atoms with Gasteiger partial charge in [0.15, 0.2) is 0 Å². The Labute approximate surface area is 182 Å². The Hall–Kier alpha value is -3.80. The number of carbonyl (C=O) groups excluding carboxylic acids is 2. The van der Waals surface area contributed by atoms with Crippen LogP contribution in [0.15, 0.2) is 66.7 Å². The number of para-hydroxylation sites is 2. The van der Waals surface area contributed by atoms with Gasteiger partial charge in [-0.15, -0.1) is 0 Å². The number of rotatable bonds is 5. The Bertz CT molecular complexity index is 1100. The summed E-state index contributed by atoms with van der Waals surface area (Å²) in [4.78, 5) is 25.4. The molecule has 0 unspecified atom stereocenters. The highest BCUT2D eigenvalue weighted by Gasteiger charge is 2.16. The molecular weight excluding hydrogens is 390 g/mol. The first-order valence-corrected chi connectivity index (χ1v) is 9.95. The van der Waals surface area contributed by atoms with E-state index in [0.717, 1.165) is 5.56 Å². The van der Waals surface area contributed by atoms with Gasteiger partial charge in [-0.25, -0.2) is 0 Å². The molecule has 0 aliphatic carbocycles. The minimum absolute atomic E-state index is 0.0107. The van der Waals surface area contributed by atoms with Crippen LogP contribution < -0.4 is 21.1 Å². The van der Waals surface area contributed by atoms with Gasteiger partial charge in [0.05, 0.1) is 24.2 Å². The van der Waals surface area contributed by atoms with Crippen molar-refractivity contribution in [1.82, 2.24) is 0 Å². The van der Waals surface area contributed by atoms with Gasteiger partial charge in [0.2, 0.25) is 0 Å². The largest absolute Gasteiger partial charge is 0.495 e. The minimum Gasteiger partial charge on any atom is -0.495 e. The molecule has 0 radical (unpaired) electrons. The fourth-order valence-corrected chi connectivity index (χ4v) is 3.09. The maximum absolute atomic E-state index is 12.7. The smallest absolute Gasteiger partial charge is 0.255 e. The van der Waals surface area contributed by atoms with Gasteiger partial charge in [0, 0.05) is 11.1 Å². The topological polar surface area (TPSA) is 93.5 Å². The number of hydrogen-bond acceptors (Lipinski definition) is 4. The molecule has 2 amide bonds. The second-order valence-corrected chi connectivity index (χ2v) is 8.24. The molecule has 160 valence electrons.